The van der Waals surface area contributed by atoms with Crippen LogP contribution in [-0.2, 0) is 9.59 Å². The topological polar surface area (TPSA) is 192 Å². The van der Waals surface area contributed by atoms with E-state index in [9.17, 15) is 19.2 Å². The van der Waals surface area contributed by atoms with E-state index in [2.05, 4.69) is 51.2 Å². The Balaban J connectivity index is 0.834. The maximum absolute atomic E-state index is 13.3. The molecule has 2 heterocycles. The quantitative estimate of drug-likeness (QED) is 0.0936. The van der Waals surface area contributed by atoms with Crippen molar-refractivity contribution in [3.8, 4) is 11.4 Å². The Labute approximate surface area is 379 Å². The first kappa shape index (κ1) is 43.4. The maximum Gasteiger partial charge on any atom is 0.255 e. The van der Waals surface area contributed by atoms with Crippen molar-refractivity contribution in [1.82, 2.24) is 9.97 Å². The minimum atomic E-state index is -0.341. The molecular weight excluding hydrogens is 829 g/mol. The Hall–Kier alpha value is -9.30. The van der Waals surface area contributed by atoms with Crippen LogP contribution in [0.15, 0.2) is 202 Å². The lowest BCUT2D eigenvalue weighted by Crippen LogP contribution is -2.13. The Morgan fingerprint density at radius 2 is 0.621 bits per heavy atom. The van der Waals surface area contributed by atoms with Crippen LogP contribution in [-0.4, -0.2) is 56.4 Å². The van der Waals surface area contributed by atoms with Crippen molar-refractivity contribution >= 4 is 92.0 Å². The molecule has 0 radical (unpaired) electrons. The highest BCUT2D eigenvalue weighted by Gasteiger charge is 2.13. The molecule has 0 unspecified atom stereocenters. The lowest BCUT2D eigenvalue weighted by Gasteiger charge is -2.09. The van der Waals surface area contributed by atoms with Crippen LogP contribution in [0.2, 0.25) is 0 Å². The zero-order valence-electron chi connectivity index (χ0n) is 35.6. The second-order valence-electron chi connectivity index (χ2n) is 14.8. The molecule has 4 amide bonds. The molecule has 4 N–H and O–H groups in total. The summed E-state index contributed by atoms with van der Waals surface area (Å²) in [6.45, 7) is 2.93. The van der Waals surface area contributed by atoms with Gasteiger partial charge in [-0.2, -0.15) is 0 Å². The fraction of sp³-hybridized carbons (Fsp3) is 0.0385. The summed E-state index contributed by atoms with van der Waals surface area (Å²) in [5.41, 5.74) is 10.1. The molecule has 322 valence electrons. The number of pyridine rings is 2. The van der Waals surface area contributed by atoms with E-state index in [1.165, 1.54) is 26.2 Å². The van der Waals surface area contributed by atoms with Gasteiger partial charge >= 0.3 is 0 Å². The predicted molar refractivity (Wildman–Crippen MR) is 263 cm³/mol. The fourth-order valence-electron chi connectivity index (χ4n) is 6.51. The molecule has 0 aliphatic heterocycles. The largest absolute Gasteiger partial charge is 0.326 e. The summed E-state index contributed by atoms with van der Waals surface area (Å²) in [6.07, 6.45) is 18.0. The van der Waals surface area contributed by atoms with Gasteiger partial charge in [-0.1, -0.05) is 0 Å². The van der Waals surface area contributed by atoms with Crippen LogP contribution in [0.3, 0.4) is 0 Å². The zero-order chi connectivity index (χ0) is 45.8. The van der Waals surface area contributed by atoms with Crippen molar-refractivity contribution in [2.24, 2.45) is 20.0 Å². The standard InChI is InChI=1S/C52H40N10O4/c1-33(63)55-37-3-7-39(8-4-37)57-41-11-15-43(16-12-41)59-45-19-23-47(24-20-45)61-51(65)35-27-29-53-49(31-35)50-32-36(28-30-54-50)52(66)62-48-25-21-46(22-26-48)60-44-17-13-42(14-18-44)58-40-9-5-38(6-10-40)56-34(2)64/h3-32H,1-2H3,(H,55,63)(H,56,64)(H,61,65)(H,62,66). The molecule has 6 aromatic rings. The van der Waals surface area contributed by atoms with E-state index in [0.717, 1.165) is 34.2 Å². The highest BCUT2D eigenvalue weighted by molar-refractivity contribution is 6.20. The number of benzene rings is 4. The van der Waals surface area contributed by atoms with Crippen molar-refractivity contribution in [2.75, 3.05) is 21.3 Å². The average Bonchev–Trinajstić information content (AvgIpc) is 3.32. The number of nitrogens with one attached hydrogen (secondary N) is 4. The van der Waals surface area contributed by atoms with E-state index in [0.29, 0.717) is 56.6 Å². The first-order valence-electron chi connectivity index (χ1n) is 20.6. The number of anilines is 4. The number of carbonyl (C=O) groups is 4. The minimum Gasteiger partial charge on any atom is -0.326 e. The second kappa shape index (κ2) is 20.3. The molecule has 4 aromatic carbocycles. The van der Waals surface area contributed by atoms with Gasteiger partial charge in [-0.3, -0.25) is 29.1 Å². The summed E-state index contributed by atoms with van der Waals surface area (Å²) in [5, 5.41) is 11.3. The SMILES string of the molecule is CC(=O)Nc1ccc(N=C2C=CC(=Nc3ccc(NC(=O)c4ccnc(-c5cc(C(=O)Nc6ccc(N=C7C=CC(=Nc8ccc(NC(C)=O)cc8)C=C7)cc6)ccn5)c4)cc3)C=C2)cc1. The van der Waals surface area contributed by atoms with E-state index < -0.39 is 0 Å². The van der Waals surface area contributed by atoms with Gasteiger partial charge < -0.3 is 21.3 Å². The number of hydrogen-bond donors (Lipinski definition) is 4. The normalized spacial score (nSPS) is 12.6. The van der Waals surface area contributed by atoms with Crippen LogP contribution in [0.4, 0.5) is 45.5 Å². The van der Waals surface area contributed by atoms with Gasteiger partial charge in [-0.05, 0) is 170 Å². The number of carbonyl (C=O) groups excluding carboxylic acids is 4. The summed E-state index contributed by atoms with van der Waals surface area (Å²) < 4.78 is 0. The number of amides is 4. The van der Waals surface area contributed by atoms with Gasteiger partial charge in [0, 0.05) is 60.1 Å². The molecule has 66 heavy (non-hydrogen) atoms. The number of nitrogens with zero attached hydrogens (tertiary/aromatic N) is 6. The Bertz CT molecular complexity index is 2840. The first-order chi connectivity index (χ1) is 32.1. The Morgan fingerprint density at radius 1 is 0.364 bits per heavy atom. The van der Waals surface area contributed by atoms with Crippen molar-refractivity contribution in [3.63, 3.8) is 0 Å². The van der Waals surface area contributed by atoms with Gasteiger partial charge in [0.1, 0.15) is 0 Å². The number of hydrogen-bond acceptors (Lipinski definition) is 10. The summed E-state index contributed by atoms with van der Waals surface area (Å²) in [6, 6.07) is 35.3. The van der Waals surface area contributed by atoms with E-state index in [1.807, 2.05) is 97.1 Å². The zero-order valence-corrected chi connectivity index (χ0v) is 35.6. The van der Waals surface area contributed by atoms with Crippen LogP contribution in [0.5, 0.6) is 0 Å². The molecule has 0 saturated carbocycles. The smallest absolute Gasteiger partial charge is 0.255 e. The van der Waals surface area contributed by atoms with Crippen LogP contribution in [0.25, 0.3) is 11.4 Å². The molecule has 2 aromatic heterocycles. The molecule has 0 spiro atoms. The van der Waals surface area contributed by atoms with Gasteiger partial charge in [0.05, 0.1) is 57.0 Å². The second-order valence-corrected chi connectivity index (χ2v) is 14.8. The van der Waals surface area contributed by atoms with Gasteiger partial charge in [0.2, 0.25) is 11.8 Å². The highest BCUT2D eigenvalue weighted by atomic mass is 16.2. The van der Waals surface area contributed by atoms with Crippen LogP contribution < -0.4 is 21.3 Å². The lowest BCUT2D eigenvalue weighted by molar-refractivity contribution is -0.115. The van der Waals surface area contributed by atoms with Crippen molar-refractivity contribution in [3.05, 3.63) is 193 Å². The van der Waals surface area contributed by atoms with Crippen molar-refractivity contribution in [2.45, 2.75) is 13.8 Å². The Morgan fingerprint density at radius 3 is 0.879 bits per heavy atom. The molecule has 0 atom stereocenters. The van der Waals surface area contributed by atoms with Gasteiger partial charge in [0.25, 0.3) is 11.8 Å². The van der Waals surface area contributed by atoms with E-state index in [1.54, 1.807) is 72.8 Å². The molecular formula is C52H40N10O4. The monoisotopic (exact) mass is 868 g/mol. The van der Waals surface area contributed by atoms with Crippen LogP contribution in [0.1, 0.15) is 34.6 Å². The fourth-order valence-corrected chi connectivity index (χ4v) is 6.51. The molecule has 14 heteroatoms. The summed E-state index contributed by atoms with van der Waals surface area (Å²) in [4.78, 5) is 76.6. The average molecular weight is 869 g/mol. The van der Waals surface area contributed by atoms with E-state index in [-0.39, 0.29) is 23.6 Å². The predicted octanol–water partition coefficient (Wildman–Crippen LogP) is 10.5. The third-order valence-corrected chi connectivity index (χ3v) is 9.66. The number of aliphatic imine (C=N–C) groups is 4. The molecule has 14 nitrogen and oxygen atoms in total. The number of aromatic nitrogens is 2. The van der Waals surface area contributed by atoms with Gasteiger partial charge in [0.15, 0.2) is 0 Å². The summed E-state index contributed by atoms with van der Waals surface area (Å²) >= 11 is 0. The third kappa shape index (κ3) is 12.0. The molecule has 8 rings (SSSR count). The minimum absolute atomic E-state index is 0.130. The van der Waals surface area contributed by atoms with E-state index >= 15 is 0 Å². The molecule has 2 aliphatic carbocycles. The molecule has 0 fully saturated rings. The number of rotatable bonds is 11. The summed E-state index contributed by atoms with van der Waals surface area (Å²) in [5.74, 6) is -0.942. The number of allylic oxidation sites excluding steroid dienone is 8. The van der Waals surface area contributed by atoms with Crippen LogP contribution in [0, 0.1) is 0 Å². The molecule has 2 aliphatic rings. The maximum atomic E-state index is 13.3. The summed E-state index contributed by atoms with van der Waals surface area (Å²) in [7, 11) is 0. The molecule has 0 bridgehead atoms. The van der Waals surface area contributed by atoms with Gasteiger partial charge in [-0.25, -0.2) is 20.0 Å². The van der Waals surface area contributed by atoms with E-state index in [4.69, 9.17) is 0 Å². The Kier molecular flexibility index (Phi) is 13.3. The first-order valence-corrected chi connectivity index (χ1v) is 20.6. The third-order valence-electron chi connectivity index (χ3n) is 9.66. The van der Waals surface area contributed by atoms with Crippen molar-refractivity contribution < 1.29 is 19.2 Å². The van der Waals surface area contributed by atoms with Gasteiger partial charge in [-0.15, -0.1) is 0 Å². The van der Waals surface area contributed by atoms with Crippen molar-refractivity contribution in [1.29, 1.82) is 0 Å². The van der Waals surface area contributed by atoms with Crippen LogP contribution >= 0.6 is 0 Å². The lowest BCUT2D eigenvalue weighted by atomic mass is 10.1. The highest BCUT2D eigenvalue weighted by Crippen LogP contribution is 2.24. The molecule has 0 saturated heterocycles.